The Hall–Kier alpha value is -1.26. The number of fused-ring (bicyclic) bond motifs is 2. The van der Waals surface area contributed by atoms with Crippen LogP contribution in [0.25, 0.3) is 0 Å². The lowest BCUT2D eigenvalue weighted by Crippen LogP contribution is -2.37. The third kappa shape index (κ3) is 1.45. The summed E-state index contributed by atoms with van der Waals surface area (Å²) in [7, 11) is 2.05. The van der Waals surface area contributed by atoms with Gasteiger partial charge in [-0.2, -0.15) is 0 Å². The molecule has 1 aromatic rings. The van der Waals surface area contributed by atoms with Crippen molar-refractivity contribution < 1.29 is 9.47 Å². The molecule has 4 heteroatoms. The smallest absolute Gasteiger partial charge is 0.161 e. The molecule has 0 bridgehead atoms. The van der Waals surface area contributed by atoms with Crippen LogP contribution < -0.4 is 15.2 Å². The first-order valence-electron chi connectivity index (χ1n) is 5.64. The minimum atomic E-state index is -0.0282. The molecule has 0 amide bonds. The van der Waals surface area contributed by atoms with Gasteiger partial charge in [-0.1, -0.05) is 0 Å². The first-order chi connectivity index (χ1) is 7.75. The molecule has 3 rings (SSSR count). The molecule has 0 aliphatic carbocycles. The second-order valence-corrected chi connectivity index (χ2v) is 4.37. The van der Waals surface area contributed by atoms with Crippen molar-refractivity contribution in [2.45, 2.75) is 12.6 Å². The molecule has 16 heavy (non-hydrogen) atoms. The summed E-state index contributed by atoms with van der Waals surface area (Å²) in [4.78, 5) is 2.15. The summed E-state index contributed by atoms with van der Waals surface area (Å²) in [5, 5.41) is 0. The molecule has 1 atom stereocenters. The van der Waals surface area contributed by atoms with Gasteiger partial charge in [-0.05, 0) is 36.7 Å². The lowest BCUT2D eigenvalue weighted by Gasteiger charge is -2.33. The van der Waals surface area contributed by atoms with Gasteiger partial charge in [0.2, 0.25) is 0 Å². The topological polar surface area (TPSA) is 47.7 Å². The van der Waals surface area contributed by atoms with Gasteiger partial charge in [-0.15, -0.1) is 0 Å². The molecule has 2 aliphatic rings. The predicted molar refractivity (Wildman–Crippen MR) is 60.7 cm³/mol. The molecule has 1 aromatic carbocycles. The average molecular weight is 220 g/mol. The van der Waals surface area contributed by atoms with Gasteiger partial charge in [0.05, 0.1) is 6.17 Å². The zero-order chi connectivity index (χ0) is 11.1. The van der Waals surface area contributed by atoms with Crippen molar-refractivity contribution in [1.82, 2.24) is 4.90 Å². The van der Waals surface area contributed by atoms with Crippen LogP contribution in [-0.2, 0) is 6.42 Å². The van der Waals surface area contributed by atoms with Crippen LogP contribution in [0.4, 0.5) is 0 Å². The Morgan fingerprint density at radius 1 is 1.25 bits per heavy atom. The summed E-state index contributed by atoms with van der Waals surface area (Å²) < 4.78 is 11.1. The van der Waals surface area contributed by atoms with Gasteiger partial charge in [0, 0.05) is 6.54 Å². The highest BCUT2D eigenvalue weighted by Crippen LogP contribution is 2.37. The number of ether oxygens (including phenoxy) is 2. The highest BCUT2D eigenvalue weighted by atomic mass is 16.6. The van der Waals surface area contributed by atoms with E-state index in [-0.39, 0.29) is 6.17 Å². The van der Waals surface area contributed by atoms with Crippen LogP contribution in [0, 0.1) is 0 Å². The Labute approximate surface area is 94.9 Å². The summed E-state index contributed by atoms with van der Waals surface area (Å²) in [6.45, 7) is 2.25. The maximum Gasteiger partial charge on any atom is 0.161 e. The lowest BCUT2D eigenvalue weighted by molar-refractivity contribution is 0.169. The molecule has 0 saturated carbocycles. The SMILES string of the molecule is CN1CCc2cc3c(cc2C1N)OCCO3. The average Bonchev–Trinajstić information content (AvgIpc) is 2.32. The maximum atomic E-state index is 6.15. The fourth-order valence-corrected chi connectivity index (χ4v) is 2.31. The van der Waals surface area contributed by atoms with Gasteiger partial charge in [0.15, 0.2) is 11.5 Å². The summed E-state index contributed by atoms with van der Waals surface area (Å²) in [6, 6.07) is 4.11. The number of hydrogen-bond acceptors (Lipinski definition) is 4. The second kappa shape index (κ2) is 3.64. The lowest BCUT2D eigenvalue weighted by atomic mass is 9.96. The highest BCUT2D eigenvalue weighted by molar-refractivity contribution is 5.49. The van der Waals surface area contributed by atoms with E-state index in [2.05, 4.69) is 11.0 Å². The molecule has 0 radical (unpaired) electrons. The number of nitrogens with two attached hydrogens (primary N) is 1. The minimum absolute atomic E-state index is 0.0282. The molecule has 2 heterocycles. The van der Waals surface area contributed by atoms with Gasteiger partial charge in [-0.25, -0.2) is 0 Å². The predicted octanol–water partition coefficient (Wildman–Crippen LogP) is 0.903. The van der Waals surface area contributed by atoms with Crippen LogP contribution in [0.5, 0.6) is 11.5 Å². The van der Waals surface area contributed by atoms with Crippen molar-refractivity contribution in [1.29, 1.82) is 0 Å². The van der Waals surface area contributed by atoms with Crippen LogP contribution in [0.2, 0.25) is 0 Å². The monoisotopic (exact) mass is 220 g/mol. The van der Waals surface area contributed by atoms with E-state index in [1.807, 2.05) is 13.1 Å². The first kappa shape index (κ1) is 9.93. The van der Waals surface area contributed by atoms with Crippen molar-refractivity contribution in [2.75, 3.05) is 26.8 Å². The molecule has 0 fully saturated rings. The Morgan fingerprint density at radius 2 is 1.94 bits per heavy atom. The van der Waals surface area contributed by atoms with Crippen LogP contribution >= 0.6 is 0 Å². The molecule has 4 nitrogen and oxygen atoms in total. The number of benzene rings is 1. The minimum Gasteiger partial charge on any atom is -0.486 e. The van der Waals surface area contributed by atoms with E-state index in [1.165, 1.54) is 5.56 Å². The summed E-state index contributed by atoms with van der Waals surface area (Å²) in [5.74, 6) is 1.69. The van der Waals surface area contributed by atoms with E-state index in [1.54, 1.807) is 0 Å². The van der Waals surface area contributed by atoms with Gasteiger partial charge in [0.25, 0.3) is 0 Å². The Bertz CT molecular complexity index is 420. The standard InChI is InChI=1S/C12H16N2O2/c1-14-3-2-8-6-10-11(16-5-4-15-10)7-9(8)12(14)13/h6-7,12H,2-5,13H2,1H3. The van der Waals surface area contributed by atoms with E-state index in [0.29, 0.717) is 13.2 Å². The van der Waals surface area contributed by atoms with E-state index in [4.69, 9.17) is 15.2 Å². The number of nitrogens with zero attached hydrogens (tertiary/aromatic N) is 1. The number of likely N-dealkylation sites (N-methyl/N-ethyl adjacent to an activating group) is 1. The normalized spacial score (nSPS) is 24.0. The first-order valence-corrected chi connectivity index (χ1v) is 5.64. The van der Waals surface area contributed by atoms with Crippen molar-refractivity contribution in [2.24, 2.45) is 5.73 Å². The molecule has 86 valence electrons. The summed E-state index contributed by atoms with van der Waals surface area (Å²) in [6.07, 6.45) is 0.996. The Balaban J connectivity index is 2.06. The molecule has 0 spiro atoms. The van der Waals surface area contributed by atoms with E-state index >= 15 is 0 Å². The summed E-state index contributed by atoms with van der Waals surface area (Å²) in [5.41, 5.74) is 8.60. The van der Waals surface area contributed by atoms with Crippen molar-refractivity contribution >= 4 is 0 Å². The van der Waals surface area contributed by atoms with E-state index < -0.39 is 0 Å². The maximum absolute atomic E-state index is 6.15. The fourth-order valence-electron chi connectivity index (χ4n) is 2.31. The number of hydrogen-bond donors (Lipinski definition) is 1. The molecular weight excluding hydrogens is 204 g/mol. The van der Waals surface area contributed by atoms with Gasteiger partial charge in [0.1, 0.15) is 13.2 Å². The molecule has 1 unspecified atom stereocenters. The number of rotatable bonds is 0. The van der Waals surface area contributed by atoms with Crippen LogP contribution in [0.1, 0.15) is 17.3 Å². The highest BCUT2D eigenvalue weighted by Gasteiger charge is 2.24. The van der Waals surface area contributed by atoms with Crippen molar-refractivity contribution in [3.05, 3.63) is 23.3 Å². The van der Waals surface area contributed by atoms with Crippen LogP contribution in [-0.4, -0.2) is 31.7 Å². The quantitative estimate of drug-likeness (QED) is 0.705. The van der Waals surface area contributed by atoms with Gasteiger partial charge >= 0.3 is 0 Å². The zero-order valence-electron chi connectivity index (χ0n) is 9.40. The third-order valence-electron chi connectivity index (χ3n) is 3.33. The van der Waals surface area contributed by atoms with Crippen LogP contribution in [0.15, 0.2) is 12.1 Å². The summed E-state index contributed by atoms with van der Waals surface area (Å²) >= 11 is 0. The largest absolute Gasteiger partial charge is 0.486 e. The molecular formula is C12H16N2O2. The zero-order valence-corrected chi connectivity index (χ0v) is 9.40. The molecule has 0 aromatic heterocycles. The molecule has 2 N–H and O–H groups in total. The Kier molecular flexibility index (Phi) is 2.26. The molecule has 0 saturated heterocycles. The Morgan fingerprint density at radius 3 is 2.69 bits per heavy atom. The van der Waals surface area contributed by atoms with Crippen molar-refractivity contribution in [3.63, 3.8) is 0 Å². The van der Waals surface area contributed by atoms with Gasteiger partial charge in [-0.3, -0.25) is 4.90 Å². The van der Waals surface area contributed by atoms with E-state index in [0.717, 1.165) is 30.0 Å². The third-order valence-corrected chi connectivity index (χ3v) is 3.33. The molecule has 2 aliphatic heterocycles. The van der Waals surface area contributed by atoms with E-state index in [9.17, 15) is 0 Å². The fraction of sp³-hybridized carbons (Fsp3) is 0.500. The van der Waals surface area contributed by atoms with Crippen LogP contribution in [0.3, 0.4) is 0 Å². The van der Waals surface area contributed by atoms with Crippen molar-refractivity contribution in [3.8, 4) is 11.5 Å². The second-order valence-electron chi connectivity index (χ2n) is 4.37. The van der Waals surface area contributed by atoms with Gasteiger partial charge < -0.3 is 15.2 Å².